The van der Waals surface area contributed by atoms with E-state index < -0.39 is 0 Å². The molecule has 0 bridgehead atoms. The van der Waals surface area contributed by atoms with Crippen LogP contribution in [0.2, 0.25) is 0 Å². The van der Waals surface area contributed by atoms with E-state index in [-0.39, 0.29) is 17.2 Å². The van der Waals surface area contributed by atoms with Gasteiger partial charge in [-0.3, -0.25) is 4.79 Å². The first kappa shape index (κ1) is 15.4. The first-order valence-corrected chi connectivity index (χ1v) is 7.74. The Morgan fingerprint density at radius 1 is 1.13 bits per heavy atom. The molecular weight excluding hydrogens is 292 g/mol. The quantitative estimate of drug-likeness (QED) is 0.907. The fraction of sp³-hybridized carbons (Fsp3) is 0.278. The maximum absolute atomic E-state index is 12.5. The first-order chi connectivity index (χ1) is 11.2. The van der Waals surface area contributed by atoms with Gasteiger partial charge in [-0.05, 0) is 23.8 Å². The van der Waals surface area contributed by atoms with Gasteiger partial charge < -0.3 is 20.1 Å². The number of carbonyl (C=O) groups excluding carboxylic acids is 1. The number of phenolic OH excluding ortho intramolecular Hbond substituents is 1. The Kier molecular flexibility index (Phi) is 4.78. The van der Waals surface area contributed by atoms with Gasteiger partial charge in [-0.25, -0.2) is 0 Å². The number of carbonyl (C=O) groups is 1. The molecule has 1 amide bonds. The van der Waals surface area contributed by atoms with Crippen LogP contribution in [0.15, 0.2) is 48.5 Å². The van der Waals surface area contributed by atoms with Gasteiger partial charge in [0.1, 0.15) is 18.1 Å². The molecule has 1 aliphatic heterocycles. The van der Waals surface area contributed by atoms with Crippen molar-refractivity contribution in [3.8, 4) is 11.5 Å². The highest BCUT2D eigenvalue weighted by molar-refractivity contribution is 5.97. The van der Waals surface area contributed by atoms with Gasteiger partial charge in [0.25, 0.3) is 5.91 Å². The van der Waals surface area contributed by atoms with Crippen LogP contribution < -0.4 is 10.1 Å². The third-order valence-electron chi connectivity index (χ3n) is 3.85. The van der Waals surface area contributed by atoms with Crippen molar-refractivity contribution in [3.63, 3.8) is 0 Å². The number of hydrogen-bond donors (Lipinski definition) is 2. The fourth-order valence-corrected chi connectivity index (χ4v) is 2.56. The van der Waals surface area contributed by atoms with E-state index in [9.17, 15) is 9.90 Å². The van der Waals surface area contributed by atoms with Crippen LogP contribution in [0, 0.1) is 0 Å². The van der Waals surface area contributed by atoms with Crippen LogP contribution in [0.5, 0.6) is 11.5 Å². The number of aromatic hydroxyl groups is 1. The zero-order valence-corrected chi connectivity index (χ0v) is 12.9. The maximum Gasteiger partial charge on any atom is 0.257 e. The first-order valence-electron chi connectivity index (χ1n) is 7.74. The second-order valence-electron chi connectivity index (χ2n) is 5.50. The summed E-state index contributed by atoms with van der Waals surface area (Å²) in [7, 11) is 0. The normalized spacial score (nSPS) is 14.5. The Balaban J connectivity index is 1.72. The van der Waals surface area contributed by atoms with Crippen LogP contribution in [-0.4, -0.2) is 42.1 Å². The molecular formula is C18H20N2O3. The van der Waals surface area contributed by atoms with Gasteiger partial charge in [-0.15, -0.1) is 0 Å². The van der Waals surface area contributed by atoms with E-state index in [1.165, 1.54) is 6.07 Å². The maximum atomic E-state index is 12.5. The Bertz CT molecular complexity index is 667. The minimum atomic E-state index is -0.158. The van der Waals surface area contributed by atoms with Crippen molar-refractivity contribution in [2.45, 2.75) is 6.61 Å². The van der Waals surface area contributed by atoms with Crippen molar-refractivity contribution in [2.75, 3.05) is 26.2 Å². The number of phenols is 1. The molecule has 0 saturated carbocycles. The molecule has 0 unspecified atom stereocenters. The third kappa shape index (κ3) is 3.81. The van der Waals surface area contributed by atoms with Gasteiger partial charge in [-0.1, -0.05) is 30.3 Å². The molecule has 0 aliphatic carbocycles. The van der Waals surface area contributed by atoms with Gasteiger partial charge in [0, 0.05) is 26.2 Å². The van der Waals surface area contributed by atoms with E-state index in [0.717, 1.165) is 18.7 Å². The van der Waals surface area contributed by atoms with Crippen LogP contribution in [0.25, 0.3) is 0 Å². The molecule has 0 radical (unpaired) electrons. The van der Waals surface area contributed by atoms with Crippen LogP contribution in [0.1, 0.15) is 15.9 Å². The number of nitrogens with zero attached hydrogens (tertiary/aromatic N) is 1. The number of nitrogens with one attached hydrogen (secondary N) is 1. The largest absolute Gasteiger partial charge is 0.507 e. The van der Waals surface area contributed by atoms with Gasteiger partial charge in [0.05, 0.1) is 5.56 Å². The minimum absolute atomic E-state index is 0.0133. The van der Waals surface area contributed by atoms with Crippen LogP contribution in [0.4, 0.5) is 0 Å². The van der Waals surface area contributed by atoms with E-state index >= 15 is 0 Å². The molecule has 3 rings (SSSR count). The predicted molar refractivity (Wildman–Crippen MR) is 87.7 cm³/mol. The summed E-state index contributed by atoms with van der Waals surface area (Å²) in [5.74, 6) is 0.403. The summed E-state index contributed by atoms with van der Waals surface area (Å²) in [6, 6.07) is 14.6. The van der Waals surface area contributed by atoms with Crippen LogP contribution in [-0.2, 0) is 6.61 Å². The highest BCUT2D eigenvalue weighted by atomic mass is 16.5. The third-order valence-corrected chi connectivity index (χ3v) is 3.85. The predicted octanol–water partition coefficient (Wildman–Crippen LogP) is 2.02. The van der Waals surface area contributed by atoms with Crippen molar-refractivity contribution in [1.82, 2.24) is 10.2 Å². The summed E-state index contributed by atoms with van der Waals surface area (Å²) in [6.07, 6.45) is 0. The standard InChI is InChI=1S/C18H20N2O3/c21-17-7-6-15(23-13-14-4-2-1-3-5-14)12-16(17)18(22)20-10-8-19-9-11-20/h1-7,12,19,21H,8-11,13H2. The lowest BCUT2D eigenvalue weighted by atomic mass is 10.1. The van der Waals surface area contributed by atoms with Crippen molar-refractivity contribution in [3.05, 3.63) is 59.7 Å². The second kappa shape index (κ2) is 7.15. The molecule has 1 fully saturated rings. The molecule has 23 heavy (non-hydrogen) atoms. The molecule has 2 aromatic rings. The number of piperazine rings is 1. The number of rotatable bonds is 4. The molecule has 5 nitrogen and oxygen atoms in total. The summed E-state index contributed by atoms with van der Waals surface area (Å²) in [5.41, 5.74) is 1.34. The molecule has 2 N–H and O–H groups in total. The van der Waals surface area contributed by atoms with Crippen molar-refractivity contribution >= 4 is 5.91 Å². The summed E-state index contributed by atoms with van der Waals surface area (Å²) < 4.78 is 5.73. The minimum Gasteiger partial charge on any atom is -0.507 e. The molecule has 1 saturated heterocycles. The monoisotopic (exact) mass is 312 g/mol. The Morgan fingerprint density at radius 3 is 2.61 bits per heavy atom. The Hall–Kier alpha value is -2.53. The topological polar surface area (TPSA) is 61.8 Å². The number of benzene rings is 2. The van der Waals surface area contributed by atoms with Gasteiger partial charge >= 0.3 is 0 Å². The highest BCUT2D eigenvalue weighted by Gasteiger charge is 2.21. The van der Waals surface area contributed by atoms with Crippen molar-refractivity contribution in [1.29, 1.82) is 0 Å². The lowest BCUT2D eigenvalue weighted by Gasteiger charge is -2.27. The van der Waals surface area contributed by atoms with Gasteiger partial charge in [0.15, 0.2) is 0 Å². The van der Waals surface area contributed by atoms with Crippen LogP contribution in [0.3, 0.4) is 0 Å². The Labute approximate surface area is 135 Å². The van der Waals surface area contributed by atoms with Crippen molar-refractivity contribution in [2.24, 2.45) is 0 Å². The number of ether oxygens (including phenoxy) is 1. The molecule has 5 heteroatoms. The van der Waals surface area contributed by atoms with E-state index in [1.54, 1.807) is 17.0 Å². The summed E-state index contributed by atoms with van der Waals surface area (Å²) in [5, 5.41) is 13.2. The summed E-state index contributed by atoms with van der Waals surface area (Å²) in [6.45, 7) is 3.26. The molecule has 0 spiro atoms. The molecule has 0 atom stereocenters. The molecule has 1 heterocycles. The van der Waals surface area contributed by atoms with E-state index in [2.05, 4.69) is 5.32 Å². The van der Waals surface area contributed by atoms with Gasteiger partial charge in [0.2, 0.25) is 0 Å². The van der Waals surface area contributed by atoms with Crippen molar-refractivity contribution < 1.29 is 14.6 Å². The average molecular weight is 312 g/mol. The number of hydrogen-bond acceptors (Lipinski definition) is 4. The SMILES string of the molecule is O=C(c1cc(OCc2ccccc2)ccc1O)N1CCNCC1. The zero-order valence-electron chi connectivity index (χ0n) is 12.9. The fourth-order valence-electron chi connectivity index (χ4n) is 2.56. The summed E-state index contributed by atoms with van der Waals surface area (Å²) in [4.78, 5) is 14.3. The molecule has 120 valence electrons. The van der Waals surface area contributed by atoms with E-state index in [1.807, 2.05) is 30.3 Å². The van der Waals surface area contributed by atoms with Crippen LogP contribution >= 0.6 is 0 Å². The smallest absolute Gasteiger partial charge is 0.257 e. The average Bonchev–Trinajstić information content (AvgIpc) is 2.62. The lowest BCUT2D eigenvalue weighted by molar-refractivity contribution is 0.0732. The summed E-state index contributed by atoms with van der Waals surface area (Å²) >= 11 is 0. The van der Waals surface area contributed by atoms with E-state index in [4.69, 9.17) is 4.74 Å². The number of amides is 1. The molecule has 2 aromatic carbocycles. The van der Waals surface area contributed by atoms with Gasteiger partial charge in [-0.2, -0.15) is 0 Å². The molecule has 0 aromatic heterocycles. The second-order valence-corrected chi connectivity index (χ2v) is 5.50. The molecule has 1 aliphatic rings. The zero-order chi connectivity index (χ0) is 16.1. The van der Waals surface area contributed by atoms with E-state index in [0.29, 0.717) is 25.4 Å². The lowest BCUT2D eigenvalue weighted by Crippen LogP contribution is -2.46. The Morgan fingerprint density at radius 2 is 1.87 bits per heavy atom. The highest BCUT2D eigenvalue weighted by Crippen LogP contribution is 2.25.